The lowest BCUT2D eigenvalue weighted by Gasteiger charge is -2.33. The van der Waals surface area contributed by atoms with E-state index < -0.39 is 0 Å². The Morgan fingerprint density at radius 2 is 2.04 bits per heavy atom. The molecule has 2 aromatic heterocycles. The minimum Gasteiger partial charge on any atom is -0.342 e. The van der Waals surface area contributed by atoms with E-state index in [0.29, 0.717) is 18.0 Å². The van der Waals surface area contributed by atoms with Gasteiger partial charge in [0.05, 0.1) is 17.8 Å². The molecule has 4 rings (SSSR count). The Balaban J connectivity index is 1.55. The maximum atomic E-state index is 12.8. The number of carbonyl (C=O) groups is 1. The molecule has 0 radical (unpaired) electrons. The molecule has 0 spiro atoms. The second-order valence-electron chi connectivity index (χ2n) is 7.02. The van der Waals surface area contributed by atoms with Crippen LogP contribution in [0.5, 0.6) is 0 Å². The molecule has 6 heteroatoms. The Hall–Kier alpha value is -2.79. The van der Waals surface area contributed by atoms with E-state index in [1.807, 2.05) is 41.3 Å². The van der Waals surface area contributed by atoms with Crippen LogP contribution in [-0.2, 0) is 11.2 Å². The lowest BCUT2D eigenvalue weighted by molar-refractivity contribution is -0.131. The summed E-state index contributed by atoms with van der Waals surface area (Å²) in [7, 11) is 0. The molecule has 0 saturated carbocycles. The minimum atomic E-state index is 0.130. The number of pyridine rings is 1. The molecule has 1 fully saturated rings. The third-order valence-electron chi connectivity index (χ3n) is 5.06. The van der Waals surface area contributed by atoms with Crippen molar-refractivity contribution in [1.29, 1.82) is 0 Å². The predicted molar refractivity (Wildman–Crippen MR) is 109 cm³/mol. The molecule has 0 unspecified atom stereocenters. The fraction of sp³-hybridized carbons (Fsp3) is 0.273. The number of amides is 1. The lowest BCUT2D eigenvalue weighted by Crippen LogP contribution is -2.40. The molecule has 1 atom stereocenters. The van der Waals surface area contributed by atoms with Crippen LogP contribution in [0.15, 0.2) is 61.2 Å². The summed E-state index contributed by atoms with van der Waals surface area (Å²) in [4.78, 5) is 28.0. The van der Waals surface area contributed by atoms with E-state index in [2.05, 4.69) is 15.0 Å². The number of rotatable bonds is 4. The molecule has 142 valence electrons. The summed E-state index contributed by atoms with van der Waals surface area (Å²) < 4.78 is 0. The standard InChI is InChI=1S/C22H21ClN4O/c23-19-7-1-5-17(13-19)21-22(26-10-9-25-21)18-6-3-11-27(15-18)20(28)12-16-4-2-8-24-14-16/h1-2,4-5,7-10,13-14,18H,3,6,11-12,15H2/t18-/m0/s1. The minimum absolute atomic E-state index is 0.130. The summed E-state index contributed by atoms with van der Waals surface area (Å²) in [5.74, 6) is 0.292. The highest BCUT2D eigenvalue weighted by atomic mass is 35.5. The fourth-order valence-corrected chi connectivity index (χ4v) is 3.91. The van der Waals surface area contributed by atoms with Crippen LogP contribution in [0, 0.1) is 0 Å². The van der Waals surface area contributed by atoms with Gasteiger partial charge in [0.1, 0.15) is 0 Å². The second-order valence-corrected chi connectivity index (χ2v) is 7.45. The number of hydrogen-bond acceptors (Lipinski definition) is 4. The van der Waals surface area contributed by atoms with Gasteiger partial charge in [0, 0.05) is 54.4 Å². The maximum absolute atomic E-state index is 12.8. The first-order valence-electron chi connectivity index (χ1n) is 9.44. The van der Waals surface area contributed by atoms with Gasteiger partial charge in [-0.2, -0.15) is 0 Å². The monoisotopic (exact) mass is 392 g/mol. The summed E-state index contributed by atoms with van der Waals surface area (Å²) in [5, 5.41) is 0.672. The molecule has 1 aromatic carbocycles. The SMILES string of the molecule is O=C(Cc1cccnc1)N1CCC[C@H](c2nccnc2-c2cccc(Cl)c2)C1. The van der Waals surface area contributed by atoms with Crippen LogP contribution < -0.4 is 0 Å². The van der Waals surface area contributed by atoms with Gasteiger partial charge in [0.2, 0.25) is 5.91 Å². The summed E-state index contributed by atoms with van der Waals surface area (Å²) in [5.41, 5.74) is 3.67. The molecule has 1 aliphatic heterocycles. The Labute approximate surface area is 169 Å². The molecular formula is C22H21ClN4O. The average molecular weight is 393 g/mol. The highest BCUT2D eigenvalue weighted by Crippen LogP contribution is 2.32. The molecule has 5 nitrogen and oxygen atoms in total. The number of piperidine rings is 1. The molecule has 0 N–H and O–H groups in total. The van der Waals surface area contributed by atoms with Crippen LogP contribution in [0.1, 0.15) is 30.0 Å². The topological polar surface area (TPSA) is 59.0 Å². The largest absolute Gasteiger partial charge is 0.342 e. The van der Waals surface area contributed by atoms with Crippen molar-refractivity contribution in [3.05, 3.63) is 77.5 Å². The van der Waals surface area contributed by atoms with Crippen molar-refractivity contribution in [2.24, 2.45) is 0 Å². The van der Waals surface area contributed by atoms with Gasteiger partial charge in [-0.25, -0.2) is 0 Å². The summed E-state index contributed by atoms with van der Waals surface area (Å²) in [6.07, 6.45) is 9.21. The van der Waals surface area contributed by atoms with E-state index in [-0.39, 0.29) is 11.8 Å². The van der Waals surface area contributed by atoms with Crippen LogP contribution >= 0.6 is 11.6 Å². The molecule has 3 aromatic rings. The van der Waals surface area contributed by atoms with E-state index in [1.54, 1.807) is 24.8 Å². The van der Waals surface area contributed by atoms with Crippen molar-refractivity contribution >= 4 is 17.5 Å². The van der Waals surface area contributed by atoms with Crippen LogP contribution in [0.25, 0.3) is 11.3 Å². The van der Waals surface area contributed by atoms with Crippen molar-refractivity contribution < 1.29 is 4.79 Å². The van der Waals surface area contributed by atoms with E-state index in [9.17, 15) is 4.79 Å². The number of aromatic nitrogens is 3. The van der Waals surface area contributed by atoms with Crippen molar-refractivity contribution in [3.63, 3.8) is 0 Å². The van der Waals surface area contributed by atoms with E-state index >= 15 is 0 Å². The number of likely N-dealkylation sites (tertiary alicyclic amines) is 1. The van der Waals surface area contributed by atoms with Gasteiger partial charge < -0.3 is 4.90 Å². The molecule has 1 aliphatic rings. The maximum Gasteiger partial charge on any atom is 0.227 e. The van der Waals surface area contributed by atoms with Gasteiger partial charge >= 0.3 is 0 Å². The van der Waals surface area contributed by atoms with E-state index in [4.69, 9.17) is 11.6 Å². The van der Waals surface area contributed by atoms with Crippen LogP contribution in [0.3, 0.4) is 0 Å². The molecule has 3 heterocycles. The molecular weight excluding hydrogens is 372 g/mol. The average Bonchev–Trinajstić information content (AvgIpc) is 2.74. The third kappa shape index (κ3) is 4.20. The fourth-order valence-electron chi connectivity index (χ4n) is 3.72. The zero-order chi connectivity index (χ0) is 19.3. The molecule has 0 aliphatic carbocycles. The Morgan fingerprint density at radius 3 is 2.86 bits per heavy atom. The first-order valence-corrected chi connectivity index (χ1v) is 9.82. The Kier molecular flexibility index (Phi) is 5.63. The van der Waals surface area contributed by atoms with Gasteiger partial charge in [0.15, 0.2) is 0 Å². The van der Waals surface area contributed by atoms with Crippen LogP contribution in [0.2, 0.25) is 5.02 Å². The molecule has 1 amide bonds. The number of nitrogens with zero attached hydrogens (tertiary/aromatic N) is 4. The third-order valence-corrected chi connectivity index (χ3v) is 5.30. The second kappa shape index (κ2) is 8.48. The van der Waals surface area contributed by atoms with Crippen molar-refractivity contribution in [1.82, 2.24) is 19.9 Å². The predicted octanol–water partition coefficient (Wildman–Crippen LogP) is 4.14. The first-order chi connectivity index (χ1) is 13.7. The summed E-state index contributed by atoms with van der Waals surface area (Å²) >= 11 is 6.17. The van der Waals surface area contributed by atoms with E-state index in [1.165, 1.54) is 0 Å². The molecule has 1 saturated heterocycles. The Bertz CT molecular complexity index is 964. The number of benzene rings is 1. The van der Waals surface area contributed by atoms with Gasteiger partial charge in [-0.05, 0) is 36.6 Å². The van der Waals surface area contributed by atoms with Crippen molar-refractivity contribution in [2.75, 3.05) is 13.1 Å². The van der Waals surface area contributed by atoms with Crippen LogP contribution in [0.4, 0.5) is 0 Å². The highest BCUT2D eigenvalue weighted by Gasteiger charge is 2.28. The molecule has 0 bridgehead atoms. The summed E-state index contributed by atoms with van der Waals surface area (Å²) in [6, 6.07) is 11.5. The van der Waals surface area contributed by atoms with Crippen molar-refractivity contribution in [2.45, 2.75) is 25.2 Å². The quantitative estimate of drug-likeness (QED) is 0.669. The summed E-state index contributed by atoms with van der Waals surface area (Å²) in [6.45, 7) is 1.44. The normalized spacial score (nSPS) is 16.8. The lowest BCUT2D eigenvalue weighted by atomic mass is 9.91. The van der Waals surface area contributed by atoms with Gasteiger partial charge in [-0.15, -0.1) is 0 Å². The van der Waals surface area contributed by atoms with Crippen LogP contribution in [-0.4, -0.2) is 38.8 Å². The number of halogens is 1. The highest BCUT2D eigenvalue weighted by molar-refractivity contribution is 6.30. The number of carbonyl (C=O) groups excluding carboxylic acids is 1. The Morgan fingerprint density at radius 1 is 1.14 bits per heavy atom. The number of hydrogen-bond donors (Lipinski definition) is 0. The zero-order valence-corrected chi connectivity index (χ0v) is 16.2. The smallest absolute Gasteiger partial charge is 0.227 e. The molecule has 28 heavy (non-hydrogen) atoms. The van der Waals surface area contributed by atoms with Gasteiger partial charge in [-0.3, -0.25) is 19.7 Å². The zero-order valence-electron chi connectivity index (χ0n) is 15.5. The van der Waals surface area contributed by atoms with E-state index in [0.717, 1.165) is 41.9 Å². The van der Waals surface area contributed by atoms with Gasteiger partial charge in [-0.1, -0.05) is 29.8 Å². The van der Waals surface area contributed by atoms with Gasteiger partial charge in [0.25, 0.3) is 0 Å². The van der Waals surface area contributed by atoms with Crippen molar-refractivity contribution in [3.8, 4) is 11.3 Å². The first kappa shape index (κ1) is 18.6.